The van der Waals surface area contributed by atoms with E-state index >= 15 is 9.59 Å². The number of H-pyrrole nitrogens is 2. The number of imidazole rings is 2. The highest BCUT2D eigenvalue weighted by molar-refractivity contribution is 7.98. The van der Waals surface area contributed by atoms with Gasteiger partial charge in [0.05, 0.1) is 31.8 Å². The highest BCUT2D eigenvalue weighted by Crippen LogP contribution is 2.25. The number of nitrogens with two attached hydrogens (primary N) is 6. The number of carbonyl (C=O) groups excluding carboxylic acids is 19. The summed E-state index contributed by atoms with van der Waals surface area (Å²) in [5.74, 6) is -22.2. The topological polar surface area (TPSA) is 823 Å². The number of hydrogen-bond donors (Lipinski definition) is 26. The van der Waals surface area contributed by atoms with Gasteiger partial charge in [-0.1, -0.05) is 91.1 Å². The molecule has 0 unspecified atom stereocenters. The molecule has 0 saturated carbocycles. The number of carboxylic acid groups (broad SMARTS) is 2. The van der Waals surface area contributed by atoms with Crippen molar-refractivity contribution < 1.29 is 111 Å². The Hall–Kier alpha value is -13.9. The first-order valence-corrected chi connectivity index (χ1v) is 48.9. The third-order valence-electron chi connectivity index (χ3n) is 24.4. The van der Waals surface area contributed by atoms with Crippen molar-refractivity contribution in [2.24, 2.45) is 52.2 Å². The van der Waals surface area contributed by atoms with Crippen LogP contribution < -0.4 is 114 Å². The Morgan fingerprint density at radius 3 is 1.28 bits per heavy atom. The molecule has 0 radical (unpaired) electrons. The van der Waals surface area contributed by atoms with E-state index < -0.39 is 290 Å². The number of carboxylic acids is 2. The minimum Gasteiger partial charge on any atom is -0.481 e. The molecular formula is C90H142N28O23S. The maximum Gasteiger partial charge on any atom is 0.326 e. The minimum absolute atomic E-state index is 0.0142. The summed E-state index contributed by atoms with van der Waals surface area (Å²) in [7, 11) is 0. The summed E-state index contributed by atoms with van der Waals surface area (Å²) in [5, 5.41) is 64.8. The number of thioether (sulfide) groups is 1. The molecule has 32 N–H and O–H groups in total. The van der Waals surface area contributed by atoms with Crippen molar-refractivity contribution in [3.63, 3.8) is 0 Å². The van der Waals surface area contributed by atoms with Gasteiger partial charge in [0, 0.05) is 81.9 Å². The molecule has 2 aliphatic heterocycles. The van der Waals surface area contributed by atoms with Gasteiger partial charge in [0.2, 0.25) is 112 Å². The van der Waals surface area contributed by atoms with Crippen molar-refractivity contribution in [3.8, 4) is 0 Å². The monoisotopic (exact) mass is 2020 g/mol. The van der Waals surface area contributed by atoms with Crippen LogP contribution in [0, 0.1) is 23.2 Å². The fourth-order valence-corrected chi connectivity index (χ4v) is 16.1. The quantitative estimate of drug-likeness (QED) is 0.0142. The Morgan fingerprint density at radius 2 is 0.831 bits per heavy atom. The van der Waals surface area contributed by atoms with E-state index in [1.165, 1.54) is 46.6 Å². The highest BCUT2D eigenvalue weighted by Gasteiger charge is 2.44. The Kier molecular flexibility index (Phi) is 51.4. The van der Waals surface area contributed by atoms with Gasteiger partial charge >= 0.3 is 11.9 Å². The van der Waals surface area contributed by atoms with Crippen molar-refractivity contribution in [2.45, 2.75) is 286 Å². The summed E-state index contributed by atoms with van der Waals surface area (Å²) < 4.78 is 0. The van der Waals surface area contributed by atoms with Crippen molar-refractivity contribution in [1.82, 2.24) is 109 Å². The van der Waals surface area contributed by atoms with Crippen LogP contribution in [0.15, 0.2) is 55.4 Å². The lowest BCUT2D eigenvalue weighted by molar-refractivity contribution is -0.143. The average molecular weight is 2020 g/mol. The Bertz CT molecular complexity index is 4770. The number of unbranched alkanes of at least 4 members (excludes halogenated alkanes) is 1. The number of rotatable bonds is 66. The SMILES string of the molecule is CC[C@H](C)[C@H](NC(=O)[C@H](Cc1cnc[nH]1)NC(=O)[C@H](CCC(N)=O)NC(=O)CNC(=O)[C@H](CCC(N)=O)NC(=O)[C@H](Cc1cnc[nH]1)NC(=O)[C@@H]1CCCN1C(=O)[C@H](CCCCN)NC(=O)[C@@H](NC(=O)[C@H](CCCNC(=N)N)NC(=O)[C@H](CCSC)NC(=O)[C@@H](NC(=O)[C@H](CCC(N)=O)NC(=O)[C@@H]1CCCN1C(=O)[C@H](N)Cc1ccccc1)[C@@H](C)CC)[C@@H](C)CC)C(=O)NCC(=O)N[C@@H](CCC(=O)O)C(=O)O. The number of guanidine groups is 1. The Labute approximate surface area is 825 Å². The Morgan fingerprint density at radius 1 is 0.444 bits per heavy atom. The molecule has 2 fully saturated rings. The number of hydrogen-bond acceptors (Lipinski definition) is 27. The molecule has 142 heavy (non-hydrogen) atoms. The third-order valence-corrected chi connectivity index (χ3v) is 25.0. The zero-order chi connectivity index (χ0) is 105. The number of likely N-dealkylation sites (tertiary alicyclic amines) is 2. The lowest BCUT2D eigenvalue weighted by Gasteiger charge is -2.32. The number of aromatic amines is 2. The van der Waals surface area contributed by atoms with Crippen LogP contribution in [0.25, 0.3) is 0 Å². The van der Waals surface area contributed by atoms with Gasteiger partial charge in [0.1, 0.15) is 84.6 Å². The smallest absolute Gasteiger partial charge is 0.326 e. The fraction of sp³-hybridized carbons (Fsp3) is 0.622. The third kappa shape index (κ3) is 40.7. The van der Waals surface area contributed by atoms with Crippen molar-refractivity contribution >= 4 is 142 Å². The second-order valence-electron chi connectivity index (χ2n) is 35.3. The summed E-state index contributed by atoms with van der Waals surface area (Å²) >= 11 is 1.32. The minimum atomic E-state index is -1.71. The van der Waals surface area contributed by atoms with Crippen molar-refractivity contribution in [1.29, 1.82) is 5.41 Å². The number of benzene rings is 1. The van der Waals surface area contributed by atoms with Crippen LogP contribution in [-0.4, -0.2) is 312 Å². The second-order valence-corrected chi connectivity index (χ2v) is 36.3. The molecule has 0 bridgehead atoms. The van der Waals surface area contributed by atoms with Gasteiger partial charge < -0.3 is 144 Å². The number of aromatic nitrogens is 4. The van der Waals surface area contributed by atoms with E-state index in [1.54, 1.807) is 59.9 Å². The summed E-state index contributed by atoms with van der Waals surface area (Å²) in [5.41, 5.74) is 35.8. The molecule has 18 atom stereocenters. The van der Waals surface area contributed by atoms with Crippen LogP contribution in [0.2, 0.25) is 0 Å². The molecule has 786 valence electrons. The number of aliphatic carboxylic acids is 2. The van der Waals surface area contributed by atoms with Crippen LogP contribution in [0.1, 0.15) is 193 Å². The maximum atomic E-state index is 15.2. The molecule has 51 nitrogen and oxygen atoms in total. The molecule has 0 aliphatic carbocycles. The number of primary amides is 3. The van der Waals surface area contributed by atoms with Crippen molar-refractivity contribution in [2.75, 3.05) is 51.3 Å². The largest absolute Gasteiger partial charge is 0.481 e. The first-order valence-electron chi connectivity index (χ1n) is 47.5. The Balaban J connectivity index is 1.34. The van der Waals surface area contributed by atoms with E-state index in [9.17, 15) is 96.2 Å². The summed E-state index contributed by atoms with van der Waals surface area (Å²) in [6, 6.07) is -12.5. The van der Waals surface area contributed by atoms with Gasteiger partial charge in [-0.15, -0.1) is 0 Å². The van der Waals surface area contributed by atoms with E-state index in [4.69, 9.17) is 44.9 Å². The van der Waals surface area contributed by atoms with E-state index in [0.29, 0.717) is 12.8 Å². The predicted octanol–water partition coefficient (Wildman–Crippen LogP) is -6.45. The fourth-order valence-electron chi connectivity index (χ4n) is 15.7. The van der Waals surface area contributed by atoms with Gasteiger partial charge in [-0.25, -0.2) is 14.8 Å². The van der Waals surface area contributed by atoms with Crippen LogP contribution in [-0.2, 0) is 120 Å². The van der Waals surface area contributed by atoms with Crippen LogP contribution >= 0.6 is 11.8 Å². The van der Waals surface area contributed by atoms with Crippen LogP contribution in [0.4, 0.5) is 0 Å². The molecule has 2 saturated heterocycles. The predicted molar refractivity (Wildman–Crippen MR) is 515 cm³/mol. The van der Waals surface area contributed by atoms with E-state index in [0.717, 1.165) is 5.56 Å². The number of carbonyl (C=O) groups is 21. The molecular weight excluding hydrogens is 1870 g/mol. The second kappa shape index (κ2) is 61.6. The molecule has 2 aliphatic rings. The first-order chi connectivity index (χ1) is 67.4. The van der Waals surface area contributed by atoms with Crippen LogP contribution in [0.3, 0.4) is 0 Å². The molecule has 52 heteroatoms. The number of amides is 19. The molecule has 5 rings (SSSR count). The lowest BCUT2D eigenvalue weighted by atomic mass is 9.96. The van der Waals surface area contributed by atoms with Gasteiger partial charge in [0.15, 0.2) is 5.96 Å². The summed E-state index contributed by atoms with van der Waals surface area (Å²) in [6.07, 6.45) is 4.72. The van der Waals surface area contributed by atoms with Crippen molar-refractivity contribution in [3.05, 3.63) is 72.3 Å². The number of nitrogens with zero attached hydrogens (tertiary/aromatic N) is 4. The van der Waals surface area contributed by atoms with Gasteiger partial charge in [-0.2, -0.15) is 11.8 Å². The lowest BCUT2D eigenvalue weighted by Crippen LogP contribution is -2.62. The zero-order valence-corrected chi connectivity index (χ0v) is 82.0. The molecule has 3 aromatic rings. The molecule has 1 aromatic carbocycles. The zero-order valence-electron chi connectivity index (χ0n) is 81.1. The normalized spacial score (nSPS) is 16.7. The first kappa shape index (κ1) is 119. The van der Waals surface area contributed by atoms with Gasteiger partial charge in [-0.3, -0.25) is 101 Å². The average Bonchev–Trinajstić information content (AvgIpc) is 1.65. The standard InChI is InChI=1S/C90H142N28O23S/c1-8-48(4)72(84(135)102-45-70(123)106-61(89(140)141)28-32-71(124)125)114-81(132)63(41-53-43-99-47-104-53)112-76(127)57(26-30-67(94)120)105-69(122)44-101-75(126)56(25-29-66(93)119)108-80(131)62(40-52-42-98-46-103-52)113-83(134)65-24-18-37-118(65)88(139)60(21-14-15-34-91)111-86(137)74(50(6)10-3)115-78(129)55(22-16-35-100-90(96)97)107-77(128)59(33-38-142-7)110-85(136)73(49(5)9-2)116-79(130)58(27-31-68(95)121)109-82(133)64-23-17-36-117(64)87(138)54(92)39-51-19-12-11-13-20-51/h11-13,19-20,42-43,46-50,54-65,72-74H,8-10,14-18,21-41,44-45,91-92H2,1-7H3,(H2,93,119)(H2,94,120)(H2,95,121)(H,98,103)(H,99,104)(H,101,126)(H,102,135)(H,105,122)(H,106,123)(H,107,128)(H,108,131)(H,109,133)(H,110,136)(H,111,137)(H,112,127)(H,113,134)(H,114,132)(H,115,129)(H,116,130)(H,124,125)(H,140,141)(H4,96,97,100)/t48-,49-,50-,54+,55-,56-,57-,58-,59-,60-,61-,62-,63-,64-,65-,72-,73-,74-/m0/s1. The number of nitrogens with one attached hydrogen (secondary N) is 18. The molecule has 0 spiro atoms. The summed E-state index contributed by atoms with van der Waals surface area (Å²) in [4.78, 5) is 306. The van der Waals surface area contributed by atoms with Gasteiger partial charge in [-0.05, 0) is 138 Å². The highest BCUT2D eigenvalue weighted by atomic mass is 32.2. The van der Waals surface area contributed by atoms with E-state index in [-0.39, 0.29) is 146 Å². The molecule has 4 heterocycles. The van der Waals surface area contributed by atoms with Crippen LogP contribution in [0.5, 0.6) is 0 Å². The molecule has 19 amide bonds. The van der Waals surface area contributed by atoms with E-state index in [1.807, 2.05) is 18.2 Å². The molecule has 2 aromatic heterocycles. The van der Waals surface area contributed by atoms with Gasteiger partial charge in [0.25, 0.3) is 0 Å². The maximum absolute atomic E-state index is 15.2. The van der Waals surface area contributed by atoms with E-state index in [2.05, 4.69) is 99.7 Å². The summed E-state index contributed by atoms with van der Waals surface area (Å²) in [6.45, 7) is 8.59.